The lowest BCUT2D eigenvalue weighted by Gasteiger charge is -2.28. The Hall–Kier alpha value is -1.68. The molecule has 0 bridgehead atoms. The van der Waals surface area contributed by atoms with Crippen molar-refractivity contribution in [3.8, 4) is 0 Å². The molecule has 0 spiro atoms. The number of nitrogens with zero attached hydrogens (tertiary/aromatic N) is 1. The smallest absolute Gasteiger partial charge is 0.264 e. The zero-order valence-electron chi connectivity index (χ0n) is 11.0. The van der Waals surface area contributed by atoms with Crippen molar-refractivity contribution in [2.45, 2.75) is 19.9 Å². The van der Waals surface area contributed by atoms with Gasteiger partial charge in [-0.1, -0.05) is 18.2 Å². The van der Waals surface area contributed by atoms with E-state index in [2.05, 4.69) is 0 Å². The molecule has 100 valence electrons. The van der Waals surface area contributed by atoms with Gasteiger partial charge in [0, 0.05) is 6.54 Å². The fourth-order valence-electron chi connectivity index (χ4n) is 2.06. The Kier molecular flexibility index (Phi) is 4.32. The van der Waals surface area contributed by atoms with Crippen LogP contribution in [0.4, 0.5) is 4.39 Å². The summed E-state index contributed by atoms with van der Waals surface area (Å²) in [5.74, 6) is -0.238. The van der Waals surface area contributed by atoms with Crippen molar-refractivity contribution < 1.29 is 9.18 Å². The van der Waals surface area contributed by atoms with Crippen LogP contribution in [0.1, 0.15) is 35.1 Å². The molecule has 0 fully saturated rings. The minimum Gasteiger partial charge on any atom is -0.331 e. The van der Waals surface area contributed by atoms with E-state index in [4.69, 9.17) is 0 Å². The number of thiophene rings is 1. The van der Waals surface area contributed by atoms with Crippen molar-refractivity contribution in [3.05, 3.63) is 58.0 Å². The van der Waals surface area contributed by atoms with Gasteiger partial charge in [-0.3, -0.25) is 4.79 Å². The molecule has 4 heteroatoms. The van der Waals surface area contributed by atoms with Gasteiger partial charge >= 0.3 is 0 Å². The summed E-state index contributed by atoms with van der Waals surface area (Å²) in [5, 5.41) is 1.89. The predicted octanol–water partition coefficient (Wildman–Crippen LogP) is 4.11. The molecule has 0 radical (unpaired) electrons. The zero-order valence-corrected chi connectivity index (χ0v) is 11.8. The second-order valence-electron chi connectivity index (χ2n) is 4.30. The average molecular weight is 277 g/mol. The molecule has 1 amide bonds. The average Bonchev–Trinajstić information content (AvgIpc) is 2.94. The van der Waals surface area contributed by atoms with Crippen LogP contribution in [0, 0.1) is 5.82 Å². The summed E-state index contributed by atoms with van der Waals surface area (Å²) in [6.07, 6.45) is 0. The van der Waals surface area contributed by atoms with Crippen LogP contribution in [0.15, 0.2) is 41.8 Å². The Balaban J connectivity index is 2.22. The van der Waals surface area contributed by atoms with Gasteiger partial charge in [0.2, 0.25) is 0 Å². The number of hydrogen-bond acceptors (Lipinski definition) is 2. The summed E-state index contributed by atoms with van der Waals surface area (Å²) in [5.41, 5.74) is 0.938. The Bertz CT molecular complexity index is 536. The molecule has 0 aliphatic carbocycles. The molecule has 0 N–H and O–H groups in total. The molecule has 2 aromatic rings. The normalized spacial score (nSPS) is 12.2. The van der Waals surface area contributed by atoms with E-state index in [0.29, 0.717) is 6.54 Å². The van der Waals surface area contributed by atoms with Crippen LogP contribution < -0.4 is 0 Å². The van der Waals surface area contributed by atoms with Gasteiger partial charge in [0.05, 0.1) is 10.9 Å². The van der Waals surface area contributed by atoms with E-state index in [-0.39, 0.29) is 17.8 Å². The lowest BCUT2D eigenvalue weighted by molar-refractivity contribution is 0.0707. The first kappa shape index (κ1) is 13.7. The third-order valence-corrected chi connectivity index (χ3v) is 4.01. The largest absolute Gasteiger partial charge is 0.331 e. The third kappa shape index (κ3) is 3.01. The highest BCUT2D eigenvalue weighted by Gasteiger charge is 2.21. The molecule has 2 nitrogen and oxygen atoms in total. The summed E-state index contributed by atoms with van der Waals surface area (Å²) < 4.78 is 12.9. The summed E-state index contributed by atoms with van der Waals surface area (Å²) in [6, 6.07) is 9.93. The maximum Gasteiger partial charge on any atom is 0.264 e. The van der Waals surface area contributed by atoms with Crippen LogP contribution in [0.5, 0.6) is 0 Å². The van der Waals surface area contributed by atoms with Crippen LogP contribution >= 0.6 is 11.3 Å². The number of halogens is 1. The van der Waals surface area contributed by atoms with Crippen LogP contribution in [0.2, 0.25) is 0 Å². The maximum atomic E-state index is 12.9. The van der Waals surface area contributed by atoms with E-state index in [1.54, 1.807) is 17.0 Å². The van der Waals surface area contributed by atoms with Gasteiger partial charge < -0.3 is 4.90 Å². The van der Waals surface area contributed by atoms with Gasteiger partial charge in [0.25, 0.3) is 5.91 Å². The van der Waals surface area contributed by atoms with Gasteiger partial charge in [-0.15, -0.1) is 11.3 Å². The topological polar surface area (TPSA) is 20.3 Å². The van der Waals surface area contributed by atoms with Crippen molar-refractivity contribution in [2.24, 2.45) is 0 Å². The molecule has 1 atom stereocenters. The minimum absolute atomic E-state index is 0.0225. The molecule has 1 heterocycles. The van der Waals surface area contributed by atoms with E-state index >= 15 is 0 Å². The summed E-state index contributed by atoms with van der Waals surface area (Å²) in [4.78, 5) is 14.9. The van der Waals surface area contributed by atoms with E-state index in [1.165, 1.54) is 23.5 Å². The molecule has 0 saturated carbocycles. The zero-order chi connectivity index (χ0) is 13.8. The van der Waals surface area contributed by atoms with Crippen molar-refractivity contribution >= 4 is 17.2 Å². The number of hydrogen-bond donors (Lipinski definition) is 0. The van der Waals surface area contributed by atoms with E-state index in [1.807, 2.05) is 31.4 Å². The molecular formula is C15H16FNOS. The van der Waals surface area contributed by atoms with Gasteiger partial charge in [0.15, 0.2) is 0 Å². The summed E-state index contributed by atoms with van der Waals surface area (Å²) in [7, 11) is 0. The molecule has 0 saturated heterocycles. The number of carbonyl (C=O) groups is 1. The van der Waals surface area contributed by atoms with Crippen molar-refractivity contribution in [2.75, 3.05) is 6.54 Å². The predicted molar refractivity (Wildman–Crippen MR) is 75.8 cm³/mol. The van der Waals surface area contributed by atoms with E-state index < -0.39 is 0 Å². The number of amides is 1. The maximum absolute atomic E-state index is 12.9. The number of benzene rings is 1. The Morgan fingerprint density at radius 3 is 2.53 bits per heavy atom. The first-order valence-corrected chi connectivity index (χ1v) is 7.11. The van der Waals surface area contributed by atoms with Crippen LogP contribution in [-0.2, 0) is 0 Å². The Morgan fingerprint density at radius 1 is 1.32 bits per heavy atom. The minimum atomic E-state index is -0.261. The highest BCUT2D eigenvalue weighted by molar-refractivity contribution is 7.12. The van der Waals surface area contributed by atoms with Crippen molar-refractivity contribution in [1.29, 1.82) is 0 Å². The SMILES string of the molecule is CCN(C(=O)c1cccs1)C(C)c1ccc(F)cc1. The van der Waals surface area contributed by atoms with Crippen LogP contribution in [-0.4, -0.2) is 17.4 Å². The van der Waals surface area contributed by atoms with Crippen LogP contribution in [0.25, 0.3) is 0 Å². The molecule has 0 aliphatic heterocycles. The van der Waals surface area contributed by atoms with E-state index in [9.17, 15) is 9.18 Å². The third-order valence-electron chi connectivity index (χ3n) is 3.15. The van der Waals surface area contributed by atoms with Gasteiger partial charge in [-0.2, -0.15) is 0 Å². The Morgan fingerprint density at radius 2 is 2.00 bits per heavy atom. The van der Waals surface area contributed by atoms with E-state index in [0.717, 1.165) is 10.4 Å². The quantitative estimate of drug-likeness (QED) is 0.823. The van der Waals surface area contributed by atoms with Gasteiger partial charge in [-0.05, 0) is 43.0 Å². The fourth-order valence-corrected chi connectivity index (χ4v) is 2.74. The van der Waals surface area contributed by atoms with Crippen molar-refractivity contribution in [3.63, 3.8) is 0 Å². The first-order valence-electron chi connectivity index (χ1n) is 6.23. The van der Waals surface area contributed by atoms with Gasteiger partial charge in [-0.25, -0.2) is 4.39 Å². The van der Waals surface area contributed by atoms with Crippen LogP contribution in [0.3, 0.4) is 0 Å². The molecule has 0 aliphatic rings. The highest BCUT2D eigenvalue weighted by atomic mass is 32.1. The Labute approximate surface area is 116 Å². The van der Waals surface area contributed by atoms with Gasteiger partial charge in [0.1, 0.15) is 5.82 Å². The second-order valence-corrected chi connectivity index (χ2v) is 5.24. The molecule has 2 rings (SSSR count). The summed E-state index contributed by atoms with van der Waals surface area (Å²) in [6.45, 7) is 4.53. The number of rotatable bonds is 4. The number of carbonyl (C=O) groups excluding carboxylic acids is 1. The second kappa shape index (κ2) is 5.97. The standard InChI is InChI=1S/C15H16FNOS/c1-3-17(15(18)14-5-4-10-19-14)11(2)12-6-8-13(16)9-7-12/h4-11H,3H2,1-2H3. The molecule has 1 aromatic heterocycles. The molecular weight excluding hydrogens is 261 g/mol. The fraction of sp³-hybridized carbons (Fsp3) is 0.267. The van der Waals surface area contributed by atoms with Crippen molar-refractivity contribution in [1.82, 2.24) is 4.90 Å². The molecule has 19 heavy (non-hydrogen) atoms. The monoisotopic (exact) mass is 277 g/mol. The molecule has 1 aromatic carbocycles. The lowest BCUT2D eigenvalue weighted by atomic mass is 10.1. The summed E-state index contributed by atoms with van der Waals surface area (Å²) >= 11 is 1.44. The molecule has 1 unspecified atom stereocenters. The highest BCUT2D eigenvalue weighted by Crippen LogP contribution is 2.23. The first-order chi connectivity index (χ1) is 9.13. The lowest BCUT2D eigenvalue weighted by Crippen LogP contribution is -2.32.